The minimum Gasteiger partial charge on any atom is -0.466 e. The second-order valence-electron chi connectivity index (χ2n) is 8.18. The second-order valence-corrected chi connectivity index (χ2v) is 9.96. The summed E-state index contributed by atoms with van der Waals surface area (Å²) < 4.78 is 38.4. The molecular weight excluding hydrogens is 396 g/mol. The first kappa shape index (κ1) is 20.5. The summed E-state index contributed by atoms with van der Waals surface area (Å²) in [6.07, 6.45) is 8.06. The zero-order valence-electron chi connectivity index (χ0n) is 16.6. The molecule has 1 aliphatic carbocycles. The molecule has 1 N–H and O–H groups in total. The molecule has 29 heavy (non-hydrogen) atoms. The minimum atomic E-state index is -3.39. The lowest BCUT2D eigenvalue weighted by Crippen LogP contribution is -2.59. The van der Waals surface area contributed by atoms with E-state index in [9.17, 15) is 13.2 Å². The van der Waals surface area contributed by atoms with Crippen LogP contribution >= 0.6 is 0 Å². The van der Waals surface area contributed by atoms with Crippen LogP contribution in [0.4, 0.5) is 0 Å². The third kappa shape index (κ3) is 4.87. The Morgan fingerprint density at radius 3 is 2.76 bits per heavy atom. The van der Waals surface area contributed by atoms with Crippen molar-refractivity contribution in [1.82, 2.24) is 19.8 Å². The first-order valence-corrected chi connectivity index (χ1v) is 12.1. The monoisotopic (exact) mass is 424 g/mol. The summed E-state index contributed by atoms with van der Waals surface area (Å²) in [5, 5.41) is 8.05. The number of carbonyl (C=O) groups excluding carboxylic acids is 1. The van der Waals surface area contributed by atoms with E-state index in [1.165, 1.54) is 0 Å². The number of nitrogens with zero attached hydrogens (tertiary/aromatic N) is 3. The molecule has 160 valence electrons. The van der Waals surface area contributed by atoms with Crippen molar-refractivity contribution in [2.45, 2.75) is 62.6 Å². The van der Waals surface area contributed by atoms with Gasteiger partial charge >= 0.3 is 0 Å². The fourth-order valence-corrected chi connectivity index (χ4v) is 5.55. The van der Waals surface area contributed by atoms with E-state index in [1.807, 2.05) is 6.07 Å². The first-order chi connectivity index (χ1) is 13.9. The van der Waals surface area contributed by atoms with Crippen molar-refractivity contribution in [2.75, 3.05) is 26.0 Å². The molecule has 3 aliphatic heterocycles. The van der Waals surface area contributed by atoms with Crippen LogP contribution in [-0.2, 0) is 19.6 Å². The highest BCUT2D eigenvalue weighted by Crippen LogP contribution is 2.37. The zero-order chi connectivity index (χ0) is 20.4. The van der Waals surface area contributed by atoms with E-state index in [2.05, 4.69) is 14.9 Å². The molecule has 2 atom stereocenters. The van der Waals surface area contributed by atoms with Gasteiger partial charge in [-0.05, 0) is 50.5 Å². The Bertz CT molecular complexity index is 841. The van der Waals surface area contributed by atoms with E-state index in [4.69, 9.17) is 9.47 Å². The molecule has 0 radical (unpaired) electrons. The Labute approximate surface area is 171 Å². The number of sulfonamides is 1. The Hall–Kier alpha value is -1.78. The van der Waals surface area contributed by atoms with Gasteiger partial charge in [0, 0.05) is 18.2 Å². The summed E-state index contributed by atoms with van der Waals surface area (Å²) in [7, 11) is -3.39. The minimum absolute atomic E-state index is 0.115. The normalized spacial score (nSPS) is 30.9. The van der Waals surface area contributed by atoms with Gasteiger partial charge in [-0.3, -0.25) is 4.79 Å². The third-order valence-electron chi connectivity index (χ3n) is 6.13. The lowest BCUT2D eigenvalue weighted by Gasteiger charge is -2.41. The van der Waals surface area contributed by atoms with Gasteiger partial charge in [0.05, 0.1) is 31.2 Å². The molecule has 0 spiro atoms. The van der Waals surface area contributed by atoms with Crippen molar-refractivity contribution >= 4 is 15.9 Å². The van der Waals surface area contributed by atoms with Crippen LogP contribution in [0.25, 0.3) is 0 Å². The van der Waals surface area contributed by atoms with E-state index in [-0.39, 0.29) is 30.7 Å². The van der Waals surface area contributed by atoms with Crippen molar-refractivity contribution in [3.05, 3.63) is 17.8 Å². The van der Waals surface area contributed by atoms with Crippen molar-refractivity contribution < 1.29 is 22.7 Å². The summed E-state index contributed by atoms with van der Waals surface area (Å²) >= 11 is 0. The number of hydrogen-bond donors (Lipinski definition) is 1. The van der Waals surface area contributed by atoms with Gasteiger partial charge in [0.1, 0.15) is 0 Å². The standard InChI is InChI=1S/C19H28N4O5S/c1-29(25,26)22-16-3-2-10-23-17(16)11-27-14-6-4-13(5-7-14)15-8-9-20-21-19(15)28-12-18(23)24/h8-9,13-14,16-17,22H,2-7,10-12H2,1H3/t13?,14?,16-,17?/m0/s1. The van der Waals surface area contributed by atoms with Gasteiger partial charge in [-0.15, -0.1) is 5.10 Å². The van der Waals surface area contributed by atoms with Gasteiger partial charge < -0.3 is 14.4 Å². The number of amides is 1. The predicted octanol–water partition coefficient (Wildman–Crippen LogP) is 0.821. The lowest BCUT2D eigenvalue weighted by atomic mass is 9.83. The van der Waals surface area contributed by atoms with Gasteiger partial charge in [0.25, 0.3) is 5.91 Å². The van der Waals surface area contributed by atoms with E-state index < -0.39 is 10.0 Å². The molecule has 5 rings (SSSR count). The number of hydrogen-bond acceptors (Lipinski definition) is 7. The average molecular weight is 425 g/mol. The van der Waals surface area contributed by atoms with Gasteiger partial charge in [-0.2, -0.15) is 5.10 Å². The van der Waals surface area contributed by atoms with Crippen LogP contribution in [-0.4, -0.2) is 73.6 Å². The SMILES string of the molecule is CS(=O)(=O)N[C@H]1CCCN2C(=O)COc3nnccc3C3CCC(CC3)OCC12. The van der Waals surface area contributed by atoms with Crippen molar-refractivity contribution in [3.63, 3.8) is 0 Å². The van der Waals surface area contributed by atoms with Gasteiger partial charge in [-0.1, -0.05) is 0 Å². The lowest BCUT2D eigenvalue weighted by molar-refractivity contribution is -0.140. The van der Waals surface area contributed by atoms with Crippen LogP contribution in [0.2, 0.25) is 0 Å². The molecule has 1 aromatic rings. The largest absolute Gasteiger partial charge is 0.466 e. The molecule has 1 amide bonds. The first-order valence-electron chi connectivity index (χ1n) is 10.2. The summed E-state index contributed by atoms with van der Waals surface area (Å²) in [6.45, 7) is 0.726. The Kier molecular flexibility index (Phi) is 6.03. The van der Waals surface area contributed by atoms with Crippen LogP contribution in [0, 0.1) is 0 Å². The highest BCUT2D eigenvalue weighted by molar-refractivity contribution is 7.88. The van der Waals surface area contributed by atoms with Crippen LogP contribution in [0.5, 0.6) is 5.88 Å². The highest BCUT2D eigenvalue weighted by Gasteiger charge is 2.37. The average Bonchev–Trinajstić information content (AvgIpc) is 2.71. The van der Waals surface area contributed by atoms with Crippen molar-refractivity contribution in [2.24, 2.45) is 0 Å². The maximum atomic E-state index is 13.0. The topological polar surface area (TPSA) is 111 Å². The van der Waals surface area contributed by atoms with E-state index in [0.717, 1.165) is 43.9 Å². The predicted molar refractivity (Wildman–Crippen MR) is 105 cm³/mol. The number of fused-ring (bicyclic) bond motifs is 5. The summed E-state index contributed by atoms with van der Waals surface area (Å²) in [5.74, 6) is 0.545. The molecule has 9 nitrogen and oxygen atoms in total. The Morgan fingerprint density at radius 2 is 2.00 bits per heavy atom. The molecule has 0 aromatic carbocycles. The molecule has 1 saturated carbocycles. The molecule has 2 fully saturated rings. The highest BCUT2D eigenvalue weighted by atomic mass is 32.2. The van der Waals surface area contributed by atoms with Gasteiger partial charge in [0.15, 0.2) is 6.61 Å². The second kappa shape index (κ2) is 8.53. The van der Waals surface area contributed by atoms with Crippen LogP contribution in [0.15, 0.2) is 12.3 Å². The number of nitrogens with one attached hydrogen (secondary N) is 1. The Morgan fingerprint density at radius 1 is 1.21 bits per heavy atom. The quantitative estimate of drug-likeness (QED) is 0.748. The van der Waals surface area contributed by atoms with Crippen LogP contribution in [0.3, 0.4) is 0 Å². The maximum absolute atomic E-state index is 13.0. The van der Waals surface area contributed by atoms with Crippen molar-refractivity contribution in [1.29, 1.82) is 0 Å². The van der Waals surface area contributed by atoms with E-state index >= 15 is 0 Å². The Balaban J connectivity index is 1.61. The molecular formula is C19H28N4O5S. The molecule has 4 heterocycles. The van der Waals surface area contributed by atoms with Crippen molar-refractivity contribution in [3.8, 4) is 5.88 Å². The molecule has 1 saturated heterocycles. The molecule has 1 unspecified atom stereocenters. The summed E-state index contributed by atoms with van der Waals surface area (Å²) in [5.41, 5.74) is 0.998. The molecule has 10 heteroatoms. The third-order valence-corrected chi connectivity index (χ3v) is 6.86. The molecule has 2 bridgehead atoms. The fourth-order valence-electron chi connectivity index (χ4n) is 4.72. The fraction of sp³-hybridized carbons (Fsp3) is 0.737. The van der Waals surface area contributed by atoms with Gasteiger partial charge in [0.2, 0.25) is 15.9 Å². The number of piperidine rings is 1. The molecule has 4 aliphatic rings. The van der Waals surface area contributed by atoms with Crippen LogP contribution in [0.1, 0.15) is 50.0 Å². The number of ether oxygens (including phenoxy) is 2. The van der Waals surface area contributed by atoms with Crippen LogP contribution < -0.4 is 9.46 Å². The molecule has 1 aromatic heterocycles. The van der Waals surface area contributed by atoms with E-state index in [0.29, 0.717) is 31.4 Å². The summed E-state index contributed by atoms with van der Waals surface area (Å²) in [4.78, 5) is 14.7. The summed E-state index contributed by atoms with van der Waals surface area (Å²) in [6, 6.07) is 1.21. The number of rotatable bonds is 2. The van der Waals surface area contributed by atoms with E-state index in [1.54, 1.807) is 11.1 Å². The smallest absolute Gasteiger partial charge is 0.260 e. The number of aromatic nitrogens is 2. The number of carbonyl (C=O) groups is 1. The maximum Gasteiger partial charge on any atom is 0.260 e. The van der Waals surface area contributed by atoms with Gasteiger partial charge in [-0.25, -0.2) is 13.1 Å². The zero-order valence-corrected chi connectivity index (χ0v) is 17.4.